The molecule has 0 aromatic carbocycles. The minimum atomic E-state index is -0.273. The summed E-state index contributed by atoms with van der Waals surface area (Å²) in [7, 11) is 0. The summed E-state index contributed by atoms with van der Waals surface area (Å²) in [6, 6.07) is -0.0670. The highest BCUT2D eigenvalue weighted by molar-refractivity contribution is 5.86. The summed E-state index contributed by atoms with van der Waals surface area (Å²) >= 11 is 0. The molecule has 5 heteroatoms. The number of hydrogen-bond donors (Lipinski definition) is 2. The number of carbonyl (C=O) groups is 1. The van der Waals surface area contributed by atoms with Gasteiger partial charge in [-0.25, -0.2) is 4.98 Å². The molecule has 0 spiro atoms. The molecule has 1 aliphatic heterocycles. The molecule has 2 aliphatic rings. The predicted octanol–water partition coefficient (Wildman–Crippen LogP) is 2.69. The van der Waals surface area contributed by atoms with Crippen molar-refractivity contribution >= 4 is 5.91 Å². The van der Waals surface area contributed by atoms with Crippen molar-refractivity contribution in [2.45, 2.75) is 70.4 Å². The van der Waals surface area contributed by atoms with Gasteiger partial charge in [0.2, 0.25) is 5.91 Å². The number of nitrogens with one attached hydrogen (secondary N) is 2. The molecule has 1 saturated carbocycles. The molecule has 3 rings (SSSR count). The van der Waals surface area contributed by atoms with Gasteiger partial charge in [-0.05, 0) is 52.6 Å². The van der Waals surface area contributed by atoms with E-state index >= 15 is 0 Å². The largest absolute Gasteiger partial charge is 0.345 e. The molecule has 1 aromatic rings. The number of nitrogens with zero attached hydrogens (tertiary/aromatic N) is 2. The van der Waals surface area contributed by atoms with E-state index < -0.39 is 0 Å². The molecule has 122 valence electrons. The van der Waals surface area contributed by atoms with Crippen molar-refractivity contribution in [2.75, 3.05) is 13.1 Å². The minimum Gasteiger partial charge on any atom is -0.345 e. The second-order valence-corrected chi connectivity index (χ2v) is 6.93. The monoisotopic (exact) mass is 304 g/mol. The van der Waals surface area contributed by atoms with Crippen LogP contribution in [-0.4, -0.2) is 39.4 Å². The maximum Gasteiger partial charge on any atom is 0.241 e. The lowest BCUT2D eigenvalue weighted by atomic mass is 9.79. The van der Waals surface area contributed by atoms with E-state index in [1.165, 1.54) is 19.3 Å². The fraction of sp³-hybridized carbons (Fsp3) is 0.765. The lowest BCUT2D eigenvalue weighted by molar-refractivity contribution is -0.136. The number of H-pyrrole nitrogens is 1. The molecule has 5 nitrogen and oxygen atoms in total. The Morgan fingerprint density at radius 2 is 1.95 bits per heavy atom. The van der Waals surface area contributed by atoms with Gasteiger partial charge in [-0.1, -0.05) is 19.3 Å². The molecule has 1 amide bonds. The first-order valence-corrected chi connectivity index (χ1v) is 8.69. The third-order valence-electron chi connectivity index (χ3n) is 5.30. The number of likely N-dealkylation sites (tertiary alicyclic amines) is 1. The van der Waals surface area contributed by atoms with Gasteiger partial charge in [-0.15, -0.1) is 0 Å². The van der Waals surface area contributed by atoms with Crippen LogP contribution in [0, 0.1) is 6.92 Å². The van der Waals surface area contributed by atoms with Crippen molar-refractivity contribution < 1.29 is 4.79 Å². The third kappa shape index (κ3) is 2.91. The van der Waals surface area contributed by atoms with Gasteiger partial charge in [-0.3, -0.25) is 9.69 Å². The van der Waals surface area contributed by atoms with E-state index in [4.69, 9.17) is 0 Å². The van der Waals surface area contributed by atoms with Crippen LogP contribution in [0.2, 0.25) is 0 Å². The van der Waals surface area contributed by atoms with Crippen molar-refractivity contribution in [1.29, 1.82) is 0 Å². The van der Waals surface area contributed by atoms with Crippen LogP contribution in [-0.2, 0) is 4.79 Å². The van der Waals surface area contributed by atoms with Crippen molar-refractivity contribution in [3.05, 3.63) is 17.7 Å². The zero-order chi connectivity index (χ0) is 15.6. The molecule has 2 fully saturated rings. The Labute approximate surface area is 132 Å². The number of rotatable bonds is 4. The molecule has 0 radical (unpaired) electrons. The van der Waals surface area contributed by atoms with Crippen LogP contribution in [0.5, 0.6) is 0 Å². The quantitative estimate of drug-likeness (QED) is 0.899. The maximum atomic E-state index is 13.1. The Morgan fingerprint density at radius 1 is 1.27 bits per heavy atom. The molecule has 1 atom stereocenters. The van der Waals surface area contributed by atoms with Crippen LogP contribution in [0.1, 0.15) is 69.4 Å². The third-order valence-corrected chi connectivity index (χ3v) is 5.30. The lowest BCUT2D eigenvalue weighted by Gasteiger charge is -2.43. The first-order valence-electron chi connectivity index (χ1n) is 8.69. The summed E-state index contributed by atoms with van der Waals surface area (Å²) in [6.07, 6.45) is 9.86. The molecule has 0 bridgehead atoms. The SMILES string of the molecule is Cc1cnc([C@@H](C)NC(=O)C2(N3CCCC3)CCCCC2)[nH]1. The average Bonchev–Trinajstić information content (AvgIpc) is 3.19. The first-order chi connectivity index (χ1) is 10.6. The first kappa shape index (κ1) is 15.5. The molecule has 1 aliphatic carbocycles. The highest BCUT2D eigenvalue weighted by Gasteiger charge is 2.45. The van der Waals surface area contributed by atoms with Crippen LogP contribution >= 0.6 is 0 Å². The standard InChI is InChI=1S/C17H28N4O/c1-13-12-18-15(19-13)14(2)20-16(22)17(8-4-3-5-9-17)21-10-6-7-11-21/h12,14H,3-11H2,1-2H3,(H,18,19)(H,20,22)/t14-/m1/s1. The van der Waals surface area contributed by atoms with E-state index in [1.807, 2.05) is 20.0 Å². The van der Waals surface area contributed by atoms with E-state index in [0.29, 0.717) is 0 Å². The number of aromatic amines is 1. The fourth-order valence-corrected chi connectivity index (χ4v) is 4.02. The van der Waals surface area contributed by atoms with Gasteiger partial charge in [0.05, 0.1) is 6.04 Å². The fourth-order valence-electron chi connectivity index (χ4n) is 4.02. The van der Waals surface area contributed by atoms with E-state index in [9.17, 15) is 4.79 Å². The summed E-state index contributed by atoms with van der Waals surface area (Å²) in [6.45, 7) is 6.14. The summed E-state index contributed by atoms with van der Waals surface area (Å²) in [5.74, 6) is 1.05. The number of hydrogen-bond acceptors (Lipinski definition) is 3. The number of aromatic nitrogens is 2. The van der Waals surface area contributed by atoms with Crippen LogP contribution in [0.25, 0.3) is 0 Å². The topological polar surface area (TPSA) is 61.0 Å². The van der Waals surface area contributed by atoms with Gasteiger partial charge in [0.25, 0.3) is 0 Å². The zero-order valence-electron chi connectivity index (χ0n) is 13.8. The van der Waals surface area contributed by atoms with Gasteiger partial charge in [0.1, 0.15) is 11.4 Å². The second kappa shape index (κ2) is 6.41. The molecule has 2 N–H and O–H groups in total. The summed E-state index contributed by atoms with van der Waals surface area (Å²) in [5, 5.41) is 3.22. The van der Waals surface area contributed by atoms with Crippen molar-refractivity contribution in [1.82, 2.24) is 20.2 Å². The van der Waals surface area contributed by atoms with Crippen LogP contribution in [0.4, 0.5) is 0 Å². The van der Waals surface area contributed by atoms with Crippen LogP contribution in [0.3, 0.4) is 0 Å². The van der Waals surface area contributed by atoms with E-state index in [-0.39, 0.29) is 17.5 Å². The Morgan fingerprint density at radius 3 is 2.55 bits per heavy atom. The highest BCUT2D eigenvalue weighted by atomic mass is 16.2. The Balaban J connectivity index is 1.74. The highest BCUT2D eigenvalue weighted by Crippen LogP contribution is 2.36. The van der Waals surface area contributed by atoms with Crippen molar-refractivity contribution in [3.63, 3.8) is 0 Å². The van der Waals surface area contributed by atoms with Gasteiger partial charge in [0.15, 0.2) is 0 Å². The summed E-state index contributed by atoms with van der Waals surface area (Å²) in [5.41, 5.74) is 0.757. The molecular formula is C17H28N4O. The number of imidazole rings is 1. The average molecular weight is 304 g/mol. The number of carbonyl (C=O) groups excluding carboxylic acids is 1. The molecule has 1 aromatic heterocycles. The molecule has 0 unspecified atom stereocenters. The lowest BCUT2D eigenvalue weighted by Crippen LogP contribution is -2.59. The van der Waals surface area contributed by atoms with E-state index in [2.05, 4.69) is 20.2 Å². The number of aryl methyl sites for hydroxylation is 1. The van der Waals surface area contributed by atoms with Gasteiger partial charge < -0.3 is 10.3 Å². The number of amides is 1. The smallest absolute Gasteiger partial charge is 0.241 e. The summed E-state index contributed by atoms with van der Waals surface area (Å²) in [4.78, 5) is 23.1. The van der Waals surface area contributed by atoms with Gasteiger partial charge in [-0.2, -0.15) is 0 Å². The van der Waals surface area contributed by atoms with Crippen LogP contribution < -0.4 is 5.32 Å². The molecule has 22 heavy (non-hydrogen) atoms. The summed E-state index contributed by atoms with van der Waals surface area (Å²) < 4.78 is 0. The molecule has 1 saturated heterocycles. The van der Waals surface area contributed by atoms with Crippen LogP contribution in [0.15, 0.2) is 6.20 Å². The second-order valence-electron chi connectivity index (χ2n) is 6.93. The van der Waals surface area contributed by atoms with Gasteiger partial charge in [0, 0.05) is 11.9 Å². The normalized spacial score (nSPS) is 23.4. The predicted molar refractivity (Wildman–Crippen MR) is 86.5 cm³/mol. The Kier molecular flexibility index (Phi) is 4.52. The molecular weight excluding hydrogens is 276 g/mol. The van der Waals surface area contributed by atoms with Gasteiger partial charge >= 0.3 is 0 Å². The Bertz CT molecular complexity index is 512. The van der Waals surface area contributed by atoms with Crippen molar-refractivity contribution in [3.8, 4) is 0 Å². The zero-order valence-corrected chi connectivity index (χ0v) is 13.8. The van der Waals surface area contributed by atoms with E-state index in [1.54, 1.807) is 0 Å². The van der Waals surface area contributed by atoms with E-state index in [0.717, 1.165) is 50.3 Å². The molecule has 2 heterocycles. The maximum absolute atomic E-state index is 13.1. The van der Waals surface area contributed by atoms with Crippen molar-refractivity contribution in [2.24, 2.45) is 0 Å². The minimum absolute atomic E-state index is 0.0670. The Hall–Kier alpha value is -1.36.